The molecular weight excluding hydrogens is 248 g/mol. The Morgan fingerprint density at radius 1 is 1.21 bits per heavy atom. The topological polar surface area (TPSA) is 94.8 Å². The van der Waals surface area contributed by atoms with Gasteiger partial charge in [0.1, 0.15) is 11.9 Å². The Kier molecular flexibility index (Phi) is 2.33. The largest absolute Gasteiger partial charge is 0.510 e. The third-order valence-electron chi connectivity index (χ3n) is 3.52. The second kappa shape index (κ2) is 3.80. The van der Waals surface area contributed by atoms with E-state index >= 15 is 0 Å². The lowest BCUT2D eigenvalue weighted by molar-refractivity contribution is 0.0681. The van der Waals surface area contributed by atoms with Crippen LogP contribution in [0.2, 0.25) is 0 Å². The number of aliphatic hydroxyl groups is 2. The summed E-state index contributed by atoms with van der Waals surface area (Å²) in [5.41, 5.74) is 1.09. The number of benzene rings is 1. The first kappa shape index (κ1) is 11.7. The van der Waals surface area contributed by atoms with Gasteiger partial charge < -0.3 is 15.3 Å². The van der Waals surface area contributed by atoms with Crippen LogP contribution in [0, 0.1) is 5.92 Å². The average Bonchev–Trinajstić information content (AvgIpc) is 2.68. The lowest BCUT2D eigenvalue weighted by Gasteiger charge is -2.21. The Labute approximate surface area is 108 Å². The zero-order chi connectivity index (χ0) is 13.7. The Hall–Kier alpha value is -2.40. The van der Waals surface area contributed by atoms with E-state index in [1.54, 1.807) is 18.2 Å². The number of fused-ring (bicyclic) bond motifs is 3. The maximum atomic E-state index is 12.3. The van der Waals surface area contributed by atoms with E-state index in [0.717, 1.165) is 0 Å². The van der Waals surface area contributed by atoms with E-state index < -0.39 is 23.8 Å². The highest BCUT2D eigenvalue weighted by Gasteiger charge is 2.44. The molecule has 0 amide bonds. The Morgan fingerprint density at radius 3 is 2.63 bits per heavy atom. The molecule has 0 saturated heterocycles. The molecule has 0 bridgehead atoms. The first-order valence-electron chi connectivity index (χ1n) is 5.72. The maximum absolute atomic E-state index is 12.3. The summed E-state index contributed by atoms with van der Waals surface area (Å²) in [5.74, 6) is -2.85. The Morgan fingerprint density at radius 2 is 1.95 bits per heavy atom. The van der Waals surface area contributed by atoms with E-state index in [-0.39, 0.29) is 16.9 Å². The average molecular weight is 258 g/mol. The SMILES string of the molecule is O=C(O)c1cccc2c1C(=O)C1C2=CC=C(O)C1O. The molecule has 1 aromatic rings. The molecule has 0 fully saturated rings. The molecule has 1 aromatic carbocycles. The van der Waals surface area contributed by atoms with Gasteiger partial charge in [-0.25, -0.2) is 4.79 Å². The predicted octanol–water partition coefficient (Wildman–Crippen LogP) is 1.40. The van der Waals surface area contributed by atoms with Crippen LogP contribution in [0.5, 0.6) is 0 Å². The van der Waals surface area contributed by atoms with E-state index in [2.05, 4.69) is 0 Å². The van der Waals surface area contributed by atoms with Gasteiger partial charge in [0.25, 0.3) is 0 Å². The van der Waals surface area contributed by atoms with E-state index in [9.17, 15) is 19.8 Å². The third-order valence-corrected chi connectivity index (χ3v) is 3.52. The molecule has 0 radical (unpaired) electrons. The summed E-state index contributed by atoms with van der Waals surface area (Å²) >= 11 is 0. The van der Waals surface area contributed by atoms with Crippen molar-refractivity contribution in [2.45, 2.75) is 6.10 Å². The van der Waals surface area contributed by atoms with Gasteiger partial charge in [-0.3, -0.25) is 4.79 Å². The van der Waals surface area contributed by atoms with Gasteiger partial charge in [-0.15, -0.1) is 0 Å². The standard InChI is InChI=1S/C14H10O5/c15-9-5-4-7-6-2-1-3-8(14(18)19)10(6)13(17)11(7)12(9)16/h1-5,11-12,15-16H,(H,18,19). The smallest absolute Gasteiger partial charge is 0.336 e. The van der Waals surface area contributed by atoms with Gasteiger partial charge in [0, 0.05) is 5.56 Å². The zero-order valence-corrected chi connectivity index (χ0v) is 9.70. The van der Waals surface area contributed by atoms with Crippen molar-refractivity contribution in [2.24, 2.45) is 5.92 Å². The van der Waals surface area contributed by atoms with E-state index in [0.29, 0.717) is 11.1 Å². The molecule has 3 rings (SSSR count). The Balaban J connectivity index is 2.26. The molecule has 0 aromatic heterocycles. The number of aliphatic hydroxyl groups excluding tert-OH is 2. The van der Waals surface area contributed by atoms with Gasteiger partial charge >= 0.3 is 5.97 Å². The Bertz CT molecular complexity index is 668. The van der Waals surface area contributed by atoms with Crippen LogP contribution in [0.4, 0.5) is 0 Å². The minimum atomic E-state index is -1.32. The molecule has 2 unspecified atom stereocenters. The number of hydrogen-bond acceptors (Lipinski definition) is 4. The summed E-state index contributed by atoms with van der Waals surface area (Å²) in [6.45, 7) is 0. The van der Waals surface area contributed by atoms with Crippen molar-refractivity contribution < 1.29 is 24.9 Å². The highest BCUT2D eigenvalue weighted by molar-refractivity contribution is 6.19. The van der Waals surface area contributed by atoms with Crippen LogP contribution in [0.15, 0.2) is 36.1 Å². The number of hydrogen-bond donors (Lipinski definition) is 3. The number of carbonyl (C=O) groups excluding carboxylic acids is 1. The molecule has 0 saturated carbocycles. The van der Waals surface area contributed by atoms with Crippen molar-refractivity contribution >= 4 is 17.3 Å². The molecule has 5 heteroatoms. The molecule has 5 nitrogen and oxygen atoms in total. The van der Waals surface area contributed by atoms with Crippen LogP contribution in [-0.2, 0) is 0 Å². The lowest BCUT2D eigenvalue weighted by Crippen LogP contribution is -2.29. The van der Waals surface area contributed by atoms with Crippen LogP contribution >= 0.6 is 0 Å². The van der Waals surface area contributed by atoms with Crippen LogP contribution in [0.3, 0.4) is 0 Å². The molecule has 2 aliphatic carbocycles. The van der Waals surface area contributed by atoms with Crippen molar-refractivity contribution in [1.82, 2.24) is 0 Å². The predicted molar refractivity (Wildman–Crippen MR) is 65.9 cm³/mol. The number of rotatable bonds is 1. The molecule has 19 heavy (non-hydrogen) atoms. The lowest BCUT2D eigenvalue weighted by atomic mass is 9.88. The summed E-state index contributed by atoms with van der Waals surface area (Å²) in [6.07, 6.45) is 1.55. The normalized spacial score (nSPS) is 24.4. The quantitative estimate of drug-likeness (QED) is 0.707. The number of carboxylic acid groups (broad SMARTS) is 1. The summed E-state index contributed by atoms with van der Waals surface area (Å²) in [7, 11) is 0. The first-order chi connectivity index (χ1) is 9.02. The van der Waals surface area contributed by atoms with E-state index in [4.69, 9.17) is 5.11 Å². The summed E-state index contributed by atoms with van der Waals surface area (Å²) < 4.78 is 0. The number of carboxylic acids is 1. The zero-order valence-electron chi connectivity index (χ0n) is 9.70. The van der Waals surface area contributed by atoms with E-state index in [1.807, 2.05) is 0 Å². The number of carbonyl (C=O) groups is 2. The van der Waals surface area contributed by atoms with Crippen LogP contribution in [0.1, 0.15) is 26.3 Å². The van der Waals surface area contributed by atoms with Crippen molar-refractivity contribution in [2.75, 3.05) is 0 Å². The van der Waals surface area contributed by atoms with Crippen molar-refractivity contribution in [3.63, 3.8) is 0 Å². The number of allylic oxidation sites excluding steroid dienone is 2. The summed E-state index contributed by atoms with van der Waals surface area (Å²) in [6, 6.07) is 4.56. The van der Waals surface area contributed by atoms with Gasteiger partial charge in [-0.05, 0) is 23.3 Å². The van der Waals surface area contributed by atoms with Gasteiger partial charge in [0.2, 0.25) is 0 Å². The second-order valence-corrected chi connectivity index (χ2v) is 4.53. The van der Waals surface area contributed by atoms with E-state index in [1.165, 1.54) is 12.1 Å². The molecule has 96 valence electrons. The van der Waals surface area contributed by atoms with Crippen LogP contribution in [-0.4, -0.2) is 33.2 Å². The molecule has 0 heterocycles. The molecule has 0 spiro atoms. The van der Waals surface area contributed by atoms with Crippen LogP contribution < -0.4 is 0 Å². The first-order valence-corrected chi connectivity index (χ1v) is 5.72. The molecule has 3 N–H and O–H groups in total. The third kappa shape index (κ3) is 1.45. The minimum absolute atomic E-state index is 0.0792. The van der Waals surface area contributed by atoms with Gasteiger partial charge in [-0.2, -0.15) is 0 Å². The number of ketones is 1. The summed E-state index contributed by atoms with van der Waals surface area (Å²) in [4.78, 5) is 23.5. The van der Waals surface area contributed by atoms with Crippen LogP contribution in [0.25, 0.3) is 5.57 Å². The van der Waals surface area contributed by atoms with Crippen molar-refractivity contribution in [3.8, 4) is 0 Å². The molecular formula is C14H10O5. The van der Waals surface area contributed by atoms with Gasteiger partial charge in [-0.1, -0.05) is 18.2 Å². The molecule has 0 aliphatic heterocycles. The van der Waals surface area contributed by atoms with Gasteiger partial charge in [0.15, 0.2) is 5.78 Å². The molecule has 2 aliphatic rings. The van der Waals surface area contributed by atoms with Crippen molar-refractivity contribution in [1.29, 1.82) is 0 Å². The fourth-order valence-corrected chi connectivity index (χ4v) is 2.65. The minimum Gasteiger partial charge on any atom is -0.510 e. The fourth-order valence-electron chi connectivity index (χ4n) is 2.65. The maximum Gasteiger partial charge on any atom is 0.336 e. The number of Topliss-reactive ketones (excluding diaryl/α,β-unsaturated/α-hetero) is 1. The number of aromatic carboxylic acids is 1. The highest BCUT2D eigenvalue weighted by Crippen LogP contribution is 2.43. The molecule has 2 atom stereocenters. The van der Waals surface area contributed by atoms with Crippen molar-refractivity contribution in [3.05, 3.63) is 52.8 Å². The fraction of sp³-hybridized carbons (Fsp3) is 0.143. The monoisotopic (exact) mass is 258 g/mol. The highest BCUT2D eigenvalue weighted by atomic mass is 16.4. The second-order valence-electron chi connectivity index (χ2n) is 4.53. The summed E-state index contributed by atoms with van der Waals surface area (Å²) in [5, 5.41) is 28.5. The van der Waals surface area contributed by atoms with Gasteiger partial charge in [0.05, 0.1) is 11.5 Å².